The van der Waals surface area contributed by atoms with Gasteiger partial charge in [0.05, 0.1) is 5.39 Å². The molecule has 352 valence electrons. The summed E-state index contributed by atoms with van der Waals surface area (Å²) in [4.78, 5) is 0. The van der Waals surface area contributed by atoms with Gasteiger partial charge in [-0.25, -0.2) is 87.8 Å². The Bertz CT molecular complexity index is 2760. The Balaban J connectivity index is 0.000000279. The number of rotatable bonds is 7. The van der Waals surface area contributed by atoms with Gasteiger partial charge in [0.2, 0.25) is 0 Å². The lowest BCUT2D eigenvalue weighted by Gasteiger charge is -2.44. The van der Waals surface area contributed by atoms with Crippen LogP contribution in [0, 0.1) is 116 Å². The van der Waals surface area contributed by atoms with E-state index in [0.717, 1.165) is 16.3 Å². The van der Waals surface area contributed by atoms with Crippen LogP contribution in [-0.4, -0.2) is 10.1 Å². The number of alkyl halides is 3. The number of ether oxygens (including phenoxy) is 1. The molecule has 0 spiro atoms. The third-order valence-corrected chi connectivity index (χ3v) is 10.2. The predicted molar refractivity (Wildman–Crippen MR) is 200 cm³/mol. The van der Waals surface area contributed by atoms with Crippen LogP contribution in [0.1, 0.15) is 5.56 Å². The summed E-state index contributed by atoms with van der Waals surface area (Å²) in [5, 5.41) is 1.92. The van der Waals surface area contributed by atoms with Gasteiger partial charge < -0.3 is 4.74 Å². The van der Waals surface area contributed by atoms with Crippen molar-refractivity contribution in [1.29, 1.82) is 0 Å². The van der Waals surface area contributed by atoms with Gasteiger partial charge in [0.1, 0.15) is 52.7 Å². The van der Waals surface area contributed by atoms with E-state index >= 15 is 35.1 Å². The molecule has 0 amide bonds. The van der Waals surface area contributed by atoms with Crippen LogP contribution < -0.4 is 31.2 Å². The molecule has 0 aliphatic heterocycles. The molecule has 26 heteroatoms. The lowest BCUT2D eigenvalue weighted by molar-refractivity contribution is -0.692. The van der Waals surface area contributed by atoms with Crippen molar-refractivity contribution in [2.75, 3.05) is 0 Å². The number of halogens is 23. The highest BCUT2D eigenvalue weighted by Crippen LogP contribution is 2.34. The Morgan fingerprint density at radius 1 is 0.373 bits per heavy atom. The second kappa shape index (κ2) is 18.6. The average Bonchev–Trinajstić information content (AvgIpc) is 3.29. The Morgan fingerprint density at radius 3 is 0.970 bits per heavy atom. The van der Waals surface area contributed by atoms with E-state index in [1.54, 1.807) is 0 Å². The van der Waals surface area contributed by atoms with Crippen molar-refractivity contribution in [3.05, 3.63) is 189 Å². The van der Waals surface area contributed by atoms with E-state index in [9.17, 15) is 52.7 Å². The molecule has 2 nitrogen and oxygen atoms in total. The topological polar surface area (TPSA) is 13.1 Å². The van der Waals surface area contributed by atoms with Gasteiger partial charge in [-0.05, 0) is 46.3 Å². The number of hydrogen-bond donors (Lipinski definition) is 0. The molecule has 0 saturated heterocycles. The summed E-state index contributed by atoms with van der Waals surface area (Å²) >= 11 is 17.5. The van der Waals surface area contributed by atoms with E-state index in [1.165, 1.54) is 0 Å². The zero-order chi connectivity index (χ0) is 49.9. The van der Waals surface area contributed by atoms with Crippen molar-refractivity contribution in [2.45, 2.75) is 10.5 Å². The number of hydrogen-bond acceptors (Lipinski definition) is 1. The highest BCUT2D eigenvalue weighted by atomic mass is 35.6. The lowest BCUT2D eigenvalue weighted by atomic mass is 9.12. The largest absolute Gasteiger partial charge is 0.392 e. The molecule has 0 unspecified atom stereocenters. The highest BCUT2D eigenvalue weighted by molar-refractivity contribution is 7.20. The Hall–Kier alpha value is -5.94. The molecule has 0 aliphatic rings. The first kappa shape index (κ1) is 50.5. The molecular formula is C41H13BCl3F20NO. The second-order valence-corrected chi connectivity index (χ2v) is 15.8. The molecule has 1 aromatic heterocycles. The fourth-order valence-electron chi connectivity index (χ4n) is 7.23. The van der Waals surface area contributed by atoms with Crippen molar-refractivity contribution in [1.82, 2.24) is 0 Å². The lowest BCUT2D eigenvalue weighted by Crippen LogP contribution is -2.81. The van der Waals surface area contributed by atoms with Crippen LogP contribution in [0.25, 0.3) is 10.8 Å². The highest BCUT2D eigenvalue weighted by Gasteiger charge is 2.52. The van der Waals surface area contributed by atoms with E-state index in [1.807, 2.05) is 71.4 Å². The molecule has 0 saturated carbocycles. The van der Waals surface area contributed by atoms with Crippen molar-refractivity contribution in [3.63, 3.8) is 0 Å². The van der Waals surface area contributed by atoms with Gasteiger partial charge in [0.15, 0.2) is 82.5 Å². The summed E-state index contributed by atoms with van der Waals surface area (Å²) in [6, 6.07) is 19.9. The summed E-state index contributed by atoms with van der Waals surface area (Å²) in [5.41, 5.74) is -13.2. The molecule has 67 heavy (non-hydrogen) atoms. The summed E-state index contributed by atoms with van der Waals surface area (Å²) in [6.07, 6.45) is -5.29. The molecule has 7 rings (SSSR count). The fraction of sp³-hybridized carbons (Fsp3) is 0.0488. The van der Waals surface area contributed by atoms with Gasteiger partial charge in [-0.3, -0.25) is 0 Å². The molecule has 0 atom stereocenters. The maximum absolute atomic E-state index is 15.4. The third-order valence-electron chi connectivity index (χ3n) is 10.0. The quantitative estimate of drug-likeness (QED) is 0.0387. The first-order chi connectivity index (χ1) is 31.2. The standard InChI is InChI=1S/C24BF20.C17H13Cl3NO/c26-5-1(6(27)14(35)21(42)13(5)34)25(2-7(28)15(36)22(43)16(37)8(2)29,3-9(30)17(38)23(44)18(39)10(3)31)4-11(32)19(40)24(45)20(41)12(4)33;18-17(19,20)22-16-15-9-5-4-8-14(15)10-11-21(16)12-13-6-2-1-3-7-13/h;1-11H,12H2/q-1;+1. The van der Waals surface area contributed by atoms with Gasteiger partial charge in [0.25, 0.3) is 0 Å². The third kappa shape index (κ3) is 8.42. The molecule has 0 N–H and O–H groups in total. The molecule has 7 aromatic rings. The summed E-state index contributed by atoms with van der Waals surface area (Å²) in [6.45, 7) is 0.627. The van der Waals surface area contributed by atoms with E-state index in [0.29, 0.717) is 12.4 Å². The number of nitrogens with zero attached hydrogens (tertiary/aromatic N) is 1. The molecule has 6 aromatic carbocycles. The summed E-state index contributed by atoms with van der Waals surface area (Å²) < 4.78 is 300. The van der Waals surface area contributed by atoms with E-state index in [-0.39, 0.29) is 0 Å². The van der Waals surface area contributed by atoms with Crippen LogP contribution in [0.3, 0.4) is 0 Å². The van der Waals surface area contributed by atoms with Gasteiger partial charge >= 0.3 is 9.86 Å². The monoisotopic (exact) mass is 1030 g/mol. The number of fused-ring (bicyclic) bond motifs is 1. The fourth-order valence-corrected chi connectivity index (χ4v) is 7.45. The normalized spacial score (nSPS) is 11.9. The SMILES string of the molecule is ClC(Cl)(Cl)Oc1c2ccccc2cc[n+]1Cc1ccccc1.Fc1c(F)c(F)c([B-](c2c(F)c(F)c(F)c(F)c2F)(c2c(F)c(F)c(F)c(F)c2F)c2c(F)c(F)c(F)c(F)c2F)c(F)c1F. The van der Waals surface area contributed by atoms with E-state index in [2.05, 4.69) is 0 Å². The van der Waals surface area contributed by atoms with Gasteiger partial charge in [0, 0.05) is 11.6 Å². The molecular weight excluding hydrogens is 1020 g/mol. The van der Waals surface area contributed by atoms with Crippen LogP contribution in [0.4, 0.5) is 87.8 Å². The maximum Gasteiger partial charge on any atom is 0.379 e. The minimum atomic E-state index is -7.22. The molecule has 0 bridgehead atoms. The Kier molecular flexibility index (Phi) is 14.0. The van der Waals surface area contributed by atoms with Crippen LogP contribution in [0.5, 0.6) is 5.88 Å². The molecule has 0 radical (unpaired) electrons. The molecule has 1 heterocycles. The van der Waals surface area contributed by atoms with Crippen LogP contribution in [0.15, 0.2) is 66.9 Å². The van der Waals surface area contributed by atoms with Gasteiger partial charge in [-0.15, -0.1) is 21.9 Å². The smallest absolute Gasteiger partial charge is 0.379 e. The first-order valence-electron chi connectivity index (χ1n) is 17.7. The number of aromatic nitrogens is 1. The average molecular weight is 1030 g/mol. The van der Waals surface area contributed by atoms with Crippen molar-refractivity contribution < 1.29 is 97.1 Å². The minimum absolute atomic E-state index is 0.530. The van der Waals surface area contributed by atoms with Crippen LogP contribution in [0.2, 0.25) is 0 Å². The number of pyridine rings is 1. The van der Waals surface area contributed by atoms with Gasteiger partial charge in [-0.2, -0.15) is 4.57 Å². The molecule has 0 fully saturated rings. The van der Waals surface area contributed by atoms with E-state index in [4.69, 9.17) is 39.5 Å². The summed E-state index contributed by atoms with van der Waals surface area (Å²) in [7, 11) is 0. The van der Waals surface area contributed by atoms with Crippen LogP contribution in [-0.2, 0) is 6.54 Å². The predicted octanol–water partition coefficient (Wildman–Crippen LogP) is 10.7. The van der Waals surface area contributed by atoms with Crippen LogP contribution >= 0.6 is 34.8 Å². The maximum atomic E-state index is 15.4. The zero-order valence-corrected chi connectivity index (χ0v) is 34.0. The van der Waals surface area contributed by atoms with Crippen molar-refractivity contribution >= 4 is 73.6 Å². The van der Waals surface area contributed by atoms with Crippen molar-refractivity contribution in [2.24, 2.45) is 0 Å². The number of benzene rings is 6. The minimum Gasteiger partial charge on any atom is -0.392 e. The Morgan fingerprint density at radius 2 is 0.657 bits per heavy atom. The summed E-state index contributed by atoms with van der Waals surface area (Å²) in [5.74, 6) is -70.9. The second-order valence-electron chi connectivity index (χ2n) is 13.7. The Labute approximate surface area is 375 Å². The molecule has 0 aliphatic carbocycles. The first-order valence-corrected chi connectivity index (χ1v) is 18.8. The zero-order valence-electron chi connectivity index (χ0n) is 31.7. The van der Waals surface area contributed by atoms with E-state index < -0.39 is 148 Å². The van der Waals surface area contributed by atoms with Crippen molar-refractivity contribution in [3.8, 4) is 5.88 Å². The van der Waals surface area contributed by atoms with Gasteiger partial charge in [-0.1, -0.05) is 48.5 Å².